The van der Waals surface area contributed by atoms with Gasteiger partial charge in [0.25, 0.3) is 0 Å². The van der Waals surface area contributed by atoms with E-state index < -0.39 is 0 Å². The van der Waals surface area contributed by atoms with Gasteiger partial charge in [-0.15, -0.1) is 0 Å². The van der Waals surface area contributed by atoms with Crippen LogP contribution < -0.4 is 4.90 Å². The number of nitrogens with zero attached hydrogens (tertiary/aromatic N) is 1. The van der Waals surface area contributed by atoms with Crippen LogP contribution in [0.25, 0.3) is 0 Å². The zero-order valence-electron chi connectivity index (χ0n) is 12.3. The quantitative estimate of drug-likeness (QED) is 0.593. The second-order valence-corrected chi connectivity index (χ2v) is 5.00. The van der Waals surface area contributed by atoms with Crippen LogP contribution >= 0.6 is 0 Å². The van der Waals surface area contributed by atoms with E-state index in [-0.39, 0.29) is 18.2 Å². The molecule has 0 saturated carbocycles. The minimum absolute atomic E-state index is 0.0624. The second kappa shape index (κ2) is 7.78. The molecular weight excluding hydrogens is 270 g/mol. The third kappa shape index (κ3) is 4.56. The zero-order valence-corrected chi connectivity index (χ0v) is 12.3. The van der Waals surface area contributed by atoms with E-state index in [1.807, 2.05) is 24.3 Å². The Balaban J connectivity index is 1.86. The van der Waals surface area contributed by atoms with Crippen molar-refractivity contribution in [2.75, 3.05) is 38.3 Å². The van der Waals surface area contributed by atoms with E-state index >= 15 is 0 Å². The number of anilines is 1. The summed E-state index contributed by atoms with van der Waals surface area (Å²) < 4.78 is 9.88. The van der Waals surface area contributed by atoms with Crippen LogP contribution in [0.3, 0.4) is 0 Å². The van der Waals surface area contributed by atoms with Crippen molar-refractivity contribution in [3.63, 3.8) is 0 Å². The molecule has 1 aliphatic heterocycles. The van der Waals surface area contributed by atoms with Crippen molar-refractivity contribution in [2.45, 2.75) is 19.3 Å². The Hall–Kier alpha value is -1.88. The van der Waals surface area contributed by atoms with Crippen LogP contribution in [-0.4, -0.2) is 45.2 Å². The first kappa shape index (κ1) is 15.5. The predicted molar refractivity (Wildman–Crippen MR) is 79.7 cm³/mol. The van der Waals surface area contributed by atoms with Gasteiger partial charge in [-0.2, -0.15) is 0 Å². The minimum Gasteiger partial charge on any atom is -0.469 e. The van der Waals surface area contributed by atoms with Crippen LogP contribution in [0, 0.1) is 0 Å². The van der Waals surface area contributed by atoms with E-state index in [9.17, 15) is 9.59 Å². The van der Waals surface area contributed by atoms with Crippen molar-refractivity contribution in [3.8, 4) is 0 Å². The molecule has 0 radical (unpaired) electrons. The van der Waals surface area contributed by atoms with Gasteiger partial charge in [0.1, 0.15) is 0 Å². The molecular formula is C16H21NO4. The Morgan fingerprint density at radius 2 is 1.81 bits per heavy atom. The van der Waals surface area contributed by atoms with Gasteiger partial charge in [-0.05, 0) is 30.7 Å². The molecule has 0 unspecified atom stereocenters. The van der Waals surface area contributed by atoms with Crippen molar-refractivity contribution >= 4 is 17.4 Å². The predicted octanol–water partition coefficient (Wildman–Crippen LogP) is 2.05. The number of ketones is 1. The van der Waals surface area contributed by atoms with Crippen LogP contribution in [-0.2, 0) is 14.3 Å². The summed E-state index contributed by atoms with van der Waals surface area (Å²) in [5, 5.41) is 0. The van der Waals surface area contributed by atoms with Crippen molar-refractivity contribution in [1.82, 2.24) is 0 Å². The number of rotatable bonds is 6. The highest BCUT2D eigenvalue weighted by atomic mass is 16.5. The molecule has 21 heavy (non-hydrogen) atoms. The molecule has 0 atom stereocenters. The lowest BCUT2D eigenvalue weighted by Crippen LogP contribution is -2.36. The van der Waals surface area contributed by atoms with E-state index in [4.69, 9.17) is 4.74 Å². The molecule has 0 spiro atoms. The number of hydrogen-bond acceptors (Lipinski definition) is 5. The third-order valence-electron chi connectivity index (χ3n) is 3.58. The van der Waals surface area contributed by atoms with Gasteiger partial charge in [0.05, 0.1) is 20.3 Å². The van der Waals surface area contributed by atoms with Gasteiger partial charge in [-0.3, -0.25) is 9.59 Å². The van der Waals surface area contributed by atoms with Crippen molar-refractivity contribution in [2.24, 2.45) is 0 Å². The molecule has 1 fully saturated rings. The molecule has 0 aromatic heterocycles. The topological polar surface area (TPSA) is 55.8 Å². The van der Waals surface area contributed by atoms with Gasteiger partial charge in [0.15, 0.2) is 5.78 Å². The van der Waals surface area contributed by atoms with E-state index in [0.29, 0.717) is 18.4 Å². The number of carbonyl (C=O) groups is 2. The maximum atomic E-state index is 12.0. The average molecular weight is 291 g/mol. The summed E-state index contributed by atoms with van der Waals surface area (Å²) in [6.07, 6.45) is 1.18. The molecule has 0 amide bonds. The maximum absolute atomic E-state index is 12.0. The van der Waals surface area contributed by atoms with Gasteiger partial charge in [-0.1, -0.05) is 0 Å². The monoisotopic (exact) mass is 291 g/mol. The highest BCUT2D eigenvalue weighted by Crippen LogP contribution is 2.18. The van der Waals surface area contributed by atoms with Crippen LogP contribution in [0.1, 0.15) is 29.6 Å². The summed E-state index contributed by atoms with van der Waals surface area (Å²) >= 11 is 0. The lowest BCUT2D eigenvalue weighted by atomic mass is 10.0. The van der Waals surface area contributed by atoms with Crippen LogP contribution in [0.15, 0.2) is 24.3 Å². The van der Waals surface area contributed by atoms with Crippen molar-refractivity contribution < 1.29 is 19.1 Å². The minimum atomic E-state index is -0.273. The van der Waals surface area contributed by atoms with Gasteiger partial charge >= 0.3 is 5.97 Å². The maximum Gasteiger partial charge on any atom is 0.305 e. The fourth-order valence-corrected chi connectivity index (χ4v) is 2.32. The summed E-state index contributed by atoms with van der Waals surface area (Å²) in [6, 6.07) is 7.65. The zero-order chi connectivity index (χ0) is 15.1. The molecule has 1 heterocycles. The second-order valence-electron chi connectivity index (χ2n) is 5.00. The molecule has 2 rings (SSSR count). The molecule has 1 aromatic carbocycles. The Labute approximate surface area is 124 Å². The van der Waals surface area contributed by atoms with E-state index in [1.54, 1.807) is 0 Å². The lowest BCUT2D eigenvalue weighted by molar-refractivity contribution is -0.140. The standard InChI is InChI=1S/C16H21NO4/c1-20-16(19)4-2-3-15(18)13-5-7-14(8-6-13)17-9-11-21-12-10-17/h5-8H,2-4,9-12H2,1H3. The summed E-state index contributed by atoms with van der Waals surface area (Å²) in [4.78, 5) is 25.3. The number of carbonyl (C=O) groups excluding carboxylic acids is 2. The SMILES string of the molecule is COC(=O)CCCC(=O)c1ccc(N2CCOCC2)cc1. The number of hydrogen-bond donors (Lipinski definition) is 0. The number of Topliss-reactive ketones (excluding diaryl/α,β-unsaturated/α-hetero) is 1. The smallest absolute Gasteiger partial charge is 0.305 e. The number of methoxy groups -OCH3 is 1. The van der Waals surface area contributed by atoms with E-state index in [2.05, 4.69) is 9.64 Å². The Morgan fingerprint density at radius 3 is 2.43 bits per heavy atom. The first-order valence-corrected chi connectivity index (χ1v) is 7.23. The van der Waals surface area contributed by atoms with Crippen LogP contribution in [0.5, 0.6) is 0 Å². The number of morpholine rings is 1. The highest BCUT2D eigenvalue weighted by molar-refractivity contribution is 5.96. The van der Waals surface area contributed by atoms with Crippen LogP contribution in [0.4, 0.5) is 5.69 Å². The van der Waals surface area contributed by atoms with Gasteiger partial charge in [0.2, 0.25) is 0 Å². The summed E-state index contributed by atoms with van der Waals surface area (Å²) in [6.45, 7) is 3.25. The fraction of sp³-hybridized carbons (Fsp3) is 0.500. The molecule has 0 aliphatic carbocycles. The largest absolute Gasteiger partial charge is 0.469 e. The Bertz CT molecular complexity index is 478. The molecule has 0 N–H and O–H groups in total. The number of esters is 1. The summed E-state index contributed by atoms with van der Waals surface area (Å²) in [5.41, 5.74) is 1.81. The molecule has 5 heteroatoms. The average Bonchev–Trinajstić information content (AvgIpc) is 2.55. The van der Waals surface area contributed by atoms with E-state index in [0.717, 1.165) is 32.0 Å². The first-order chi connectivity index (χ1) is 10.2. The van der Waals surface area contributed by atoms with Gasteiger partial charge in [0, 0.05) is 37.2 Å². The van der Waals surface area contributed by atoms with Gasteiger partial charge in [-0.25, -0.2) is 0 Å². The normalized spacial score (nSPS) is 14.8. The molecule has 0 bridgehead atoms. The lowest BCUT2D eigenvalue weighted by Gasteiger charge is -2.28. The molecule has 1 saturated heterocycles. The third-order valence-corrected chi connectivity index (χ3v) is 3.58. The summed E-state index contributed by atoms with van der Waals surface area (Å²) in [7, 11) is 1.36. The van der Waals surface area contributed by atoms with E-state index in [1.165, 1.54) is 7.11 Å². The number of ether oxygens (including phenoxy) is 2. The molecule has 1 aromatic rings. The molecule has 1 aliphatic rings. The molecule has 5 nitrogen and oxygen atoms in total. The molecule has 114 valence electrons. The van der Waals surface area contributed by atoms with Crippen LogP contribution in [0.2, 0.25) is 0 Å². The fourth-order valence-electron chi connectivity index (χ4n) is 2.32. The Morgan fingerprint density at radius 1 is 1.14 bits per heavy atom. The van der Waals surface area contributed by atoms with Crippen molar-refractivity contribution in [3.05, 3.63) is 29.8 Å². The van der Waals surface area contributed by atoms with Crippen molar-refractivity contribution in [1.29, 1.82) is 0 Å². The number of benzene rings is 1. The van der Waals surface area contributed by atoms with Gasteiger partial charge < -0.3 is 14.4 Å². The first-order valence-electron chi connectivity index (χ1n) is 7.23. The summed E-state index contributed by atoms with van der Waals surface area (Å²) in [5.74, 6) is -0.210. The Kier molecular flexibility index (Phi) is 5.75. The highest BCUT2D eigenvalue weighted by Gasteiger charge is 2.12.